The summed E-state index contributed by atoms with van der Waals surface area (Å²) < 4.78 is 1.75. The lowest BCUT2D eigenvalue weighted by molar-refractivity contribution is -0.116. The van der Waals surface area contributed by atoms with Gasteiger partial charge in [-0.25, -0.2) is 4.68 Å². The number of anilines is 1. The molecule has 0 saturated heterocycles. The highest BCUT2D eigenvalue weighted by Gasteiger charge is 2.36. The molecule has 5 nitrogen and oxygen atoms in total. The molecule has 1 aliphatic heterocycles. The summed E-state index contributed by atoms with van der Waals surface area (Å²) in [7, 11) is 0. The number of hydrogen-bond acceptors (Lipinski definition) is 3. The van der Waals surface area contributed by atoms with E-state index in [0.717, 1.165) is 23.4 Å². The van der Waals surface area contributed by atoms with Gasteiger partial charge in [-0.05, 0) is 42.5 Å². The number of nitrogens with zero attached hydrogens (tertiary/aromatic N) is 2. The van der Waals surface area contributed by atoms with Crippen molar-refractivity contribution in [3.05, 3.63) is 76.5 Å². The Morgan fingerprint density at radius 2 is 1.93 bits per heavy atom. The Bertz CT molecular complexity index is 1110. The molecule has 1 aromatic heterocycles. The zero-order chi connectivity index (χ0) is 21.4. The Kier molecular flexibility index (Phi) is 5.29. The quantitative estimate of drug-likeness (QED) is 0.600. The van der Waals surface area contributed by atoms with E-state index in [-0.39, 0.29) is 18.1 Å². The molecule has 1 amide bonds. The number of benzene rings is 2. The van der Waals surface area contributed by atoms with Crippen molar-refractivity contribution in [1.29, 1.82) is 0 Å². The summed E-state index contributed by atoms with van der Waals surface area (Å²) in [6, 6.07) is 15.8. The Morgan fingerprint density at radius 3 is 2.60 bits per heavy atom. The van der Waals surface area contributed by atoms with Gasteiger partial charge >= 0.3 is 0 Å². The predicted molar refractivity (Wildman–Crippen MR) is 119 cm³/mol. The number of Topliss-reactive ketones (excluding diaryl/α,β-unsaturated/α-hetero) is 1. The van der Waals surface area contributed by atoms with Crippen LogP contribution < -0.4 is 5.32 Å². The normalized spacial score (nSPS) is 15.8. The standard InChI is InChI=1S/C25H27N3O2/c1-5-17-7-6-8-20(13-17)28-25-23(16(4)27-28)21(14-22(29)26-25)24(30)19-11-9-18(10-12-19)15(2)3/h6-13,15,21H,5,14H2,1-4H3,(H,26,29)/t21-/m0/s1. The molecular formula is C25H27N3O2. The van der Waals surface area contributed by atoms with Crippen LogP contribution in [0.4, 0.5) is 5.82 Å². The summed E-state index contributed by atoms with van der Waals surface area (Å²) in [5.74, 6) is 0.287. The number of amides is 1. The fraction of sp³-hybridized carbons (Fsp3) is 0.320. The number of ketones is 1. The minimum atomic E-state index is -0.526. The van der Waals surface area contributed by atoms with Crippen LogP contribution in [0.5, 0.6) is 0 Å². The zero-order valence-electron chi connectivity index (χ0n) is 17.9. The SMILES string of the molecule is CCc1cccc(-n2nc(C)c3c2NC(=O)C[C@@H]3C(=O)c2ccc(C(C)C)cc2)c1. The highest BCUT2D eigenvalue weighted by Crippen LogP contribution is 2.38. The van der Waals surface area contributed by atoms with Gasteiger partial charge in [0.25, 0.3) is 0 Å². The van der Waals surface area contributed by atoms with Crippen LogP contribution in [0, 0.1) is 6.92 Å². The second-order valence-corrected chi connectivity index (χ2v) is 8.23. The van der Waals surface area contributed by atoms with E-state index >= 15 is 0 Å². The van der Waals surface area contributed by atoms with E-state index in [9.17, 15) is 9.59 Å². The number of carbonyl (C=O) groups is 2. The van der Waals surface area contributed by atoms with Gasteiger partial charge in [0, 0.05) is 17.5 Å². The Hall–Kier alpha value is -3.21. The summed E-state index contributed by atoms with van der Waals surface area (Å²) in [5.41, 5.74) is 5.47. The Morgan fingerprint density at radius 1 is 1.20 bits per heavy atom. The third kappa shape index (κ3) is 3.56. The lowest BCUT2D eigenvalue weighted by atomic mass is 9.85. The minimum Gasteiger partial charge on any atom is -0.310 e. The molecule has 0 saturated carbocycles. The molecule has 30 heavy (non-hydrogen) atoms. The maximum Gasteiger partial charge on any atom is 0.226 e. The van der Waals surface area contributed by atoms with Crippen molar-refractivity contribution >= 4 is 17.5 Å². The average molecular weight is 402 g/mol. The molecule has 0 bridgehead atoms. The van der Waals surface area contributed by atoms with Gasteiger partial charge in [-0.2, -0.15) is 5.10 Å². The lowest BCUT2D eigenvalue weighted by Gasteiger charge is -2.23. The number of fused-ring (bicyclic) bond motifs is 1. The molecule has 0 unspecified atom stereocenters. The molecule has 0 aliphatic carbocycles. The van der Waals surface area contributed by atoms with Crippen molar-refractivity contribution in [2.45, 2.75) is 52.4 Å². The van der Waals surface area contributed by atoms with Gasteiger partial charge in [0.1, 0.15) is 5.82 Å². The van der Waals surface area contributed by atoms with Gasteiger partial charge in [-0.3, -0.25) is 9.59 Å². The lowest BCUT2D eigenvalue weighted by Crippen LogP contribution is -2.28. The summed E-state index contributed by atoms with van der Waals surface area (Å²) >= 11 is 0. The highest BCUT2D eigenvalue weighted by atomic mass is 16.2. The highest BCUT2D eigenvalue weighted by molar-refractivity contribution is 6.08. The van der Waals surface area contributed by atoms with E-state index in [2.05, 4.69) is 43.3 Å². The monoisotopic (exact) mass is 401 g/mol. The van der Waals surface area contributed by atoms with Crippen molar-refractivity contribution in [3.8, 4) is 5.69 Å². The van der Waals surface area contributed by atoms with Gasteiger partial charge in [0.2, 0.25) is 5.91 Å². The molecule has 3 aromatic rings. The first-order chi connectivity index (χ1) is 14.4. The van der Waals surface area contributed by atoms with Gasteiger partial charge in [-0.15, -0.1) is 0 Å². The molecule has 2 aromatic carbocycles. The Balaban J connectivity index is 1.76. The molecule has 154 valence electrons. The van der Waals surface area contributed by atoms with Crippen LogP contribution in [0.3, 0.4) is 0 Å². The summed E-state index contributed by atoms with van der Waals surface area (Å²) in [6.07, 6.45) is 1.05. The van der Waals surface area contributed by atoms with Crippen molar-refractivity contribution in [1.82, 2.24) is 9.78 Å². The molecule has 1 aliphatic rings. The van der Waals surface area contributed by atoms with Gasteiger partial charge in [-0.1, -0.05) is 57.2 Å². The fourth-order valence-corrected chi connectivity index (χ4v) is 4.10. The first-order valence-corrected chi connectivity index (χ1v) is 10.5. The zero-order valence-corrected chi connectivity index (χ0v) is 17.9. The van der Waals surface area contributed by atoms with E-state index < -0.39 is 5.92 Å². The molecule has 5 heteroatoms. The van der Waals surface area contributed by atoms with Crippen LogP contribution in [0.1, 0.15) is 71.8 Å². The number of carbonyl (C=O) groups excluding carboxylic acids is 2. The van der Waals surface area contributed by atoms with E-state index in [1.54, 1.807) is 4.68 Å². The second-order valence-electron chi connectivity index (χ2n) is 8.23. The maximum absolute atomic E-state index is 13.4. The van der Waals surface area contributed by atoms with E-state index in [4.69, 9.17) is 0 Å². The number of aryl methyl sites for hydroxylation is 2. The van der Waals surface area contributed by atoms with Crippen molar-refractivity contribution < 1.29 is 9.59 Å². The predicted octanol–water partition coefficient (Wildman–Crippen LogP) is 5.18. The maximum atomic E-state index is 13.4. The smallest absolute Gasteiger partial charge is 0.226 e. The van der Waals surface area contributed by atoms with Gasteiger partial charge in [0.15, 0.2) is 5.78 Å². The van der Waals surface area contributed by atoms with E-state index in [1.165, 1.54) is 11.1 Å². The molecule has 1 atom stereocenters. The molecule has 4 rings (SSSR count). The van der Waals surface area contributed by atoms with Crippen LogP contribution in [0.2, 0.25) is 0 Å². The Labute approximate surface area is 177 Å². The molecule has 2 heterocycles. The van der Waals surface area contributed by atoms with Crippen molar-refractivity contribution in [2.24, 2.45) is 0 Å². The van der Waals surface area contributed by atoms with Crippen LogP contribution in [0.15, 0.2) is 48.5 Å². The summed E-state index contributed by atoms with van der Waals surface area (Å²) in [6.45, 7) is 8.25. The number of rotatable bonds is 5. The van der Waals surface area contributed by atoms with E-state index in [1.807, 2.05) is 43.3 Å². The molecule has 0 radical (unpaired) electrons. The third-order valence-corrected chi connectivity index (χ3v) is 5.84. The molecule has 0 fully saturated rings. The first-order valence-electron chi connectivity index (χ1n) is 10.5. The molecular weight excluding hydrogens is 374 g/mol. The van der Waals surface area contributed by atoms with Gasteiger partial charge < -0.3 is 5.32 Å². The van der Waals surface area contributed by atoms with Gasteiger partial charge in [0.05, 0.1) is 17.3 Å². The summed E-state index contributed by atoms with van der Waals surface area (Å²) in [5, 5.41) is 7.64. The topological polar surface area (TPSA) is 64.0 Å². The largest absolute Gasteiger partial charge is 0.310 e. The second kappa shape index (κ2) is 7.90. The number of hydrogen-bond donors (Lipinski definition) is 1. The van der Waals surface area contributed by atoms with Crippen LogP contribution in [-0.2, 0) is 11.2 Å². The molecule has 0 spiro atoms. The van der Waals surface area contributed by atoms with Crippen LogP contribution >= 0.6 is 0 Å². The van der Waals surface area contributed by atoms with Crippen LogP contribution in [-0.4, -0.2) is 21.5 Å². The summed E-state index contributed by atoms with van der Waals surface area (Å²) in [4.78, 5) is 25.9. The third-order valence-electron chi connectivity index (χ3n) is 5.84. The number of aromatic nitrogens is 2. The minimum absolute atomic E-state index is 0.0358. The van der Waals surface area contributed by atoms with Crippen LogP contribution in [0.25, 0.3) is 5.69 Å². The average Bonchev–Trinajstić information content (AvgIpc) is 3.09. The van der Waals surface area contributed by atoms with Crippen molar-refractivity contribution in [2.75, 3.05) is 5.32 Å². The molecule has 1 N–H and O–H groups in total. The van der Waals surface area contributed by atoms with E-state index in [0.29, 0.717) is 17.3 Å². The first kappa shape index (κ1) is 20.1. The number of nitrogens with one attached hydrogen (secondary N) is 1. The fourth-order valence-electron chi connectivity index (χ4n) is 4.10. The van der Waals surface area contributed by atoms with Crippen molar-refractivity contribution in [3.63, 3.8) is 0 Å².